The molecule has 1 N–H and O–H groups in total. The highest BCUT2D eigenvalue weighted by Crippen LogP contribution is 2.32. The van der Waals surface area contributed by atoms with Crippen LogP contribution in [0.5, 0.6) is 5.75 Å². The van der Waals surface area contributed by atoms with E-state index in [1.165, 1.54) is 6.92 Å². The van der Waals surface area contributed by atoms with Gasteiger partial charge in [0.1, 0.15) is 6.10 Å². The van der Waals surface area contributed by atoms with Crippen LogP contribution in [0.4, 0.5) is 14.5 Å². The van der Waals surface area contributed by atoms with Crippen molar-refractivity contribution < 1.29 is 28.3 Å². The van der Waals surface area contributed by atoms with Gasteiger partial charge in [-0.2, -0.15) is 4.39 Å². The smallest absolute Gasteiger partial charge is 0.314 e. The van der Waals surface area contributed by atoms with Gasteiger partial charge in [0.05, 0.1) is 4.92 Å². The van der Waals surface area contributed by atoms with Crippen LogP contribution in [0.15, 0.2) is 12.1 Å². The summed E-state index contributed by atoms with van der Waals surface area (Å²) in [6, 6.07) is 1.38. The van der Waals surface area contributed by atoms with E-state index in [4.69, 9.17) is 4.74 Å². The molecule has 1 rings (SSSR count). The van der Waals surface area contributed by atoms with E-state index < -0.39 is 40.4 Å². The van der Waals surface area contributed by atoms with Gasteiger partial charge in [0, 0.05) is 13.2 Å². The van der Waals surface area contributed by atoms with Gasteiger partial charge in [-0.05, 0) is 13.0 Å². The molecule has 0 saturated carbocycles. The number of methoxy groups -OCH3 is 1. The standard InChI is InChI=1S/C10H11F2NO5/c1-5(14)10(17-2)18-9-7(13(15)16)4-3-6(11)8(9)12/h3-5,10,14H,1-2H3. The van der Waals surface area contributed by atoms with Crippen molar-refractivity contribution in [2.75, 3.05) is 7.11 Å². The molecule has 0 radical (unpaired) electrons. The number of nitrogens with zero attached hydrogens (tertiary/aromatic N) is 1. The fraction of sp³-hybridized carbons (Fsp3) is 0.400. The summed E-state index contributed by atoms with van der Waals surface area (Å²) in [7, 11) is 1.15. The molecular weight excluding hydrogens is 252 g/mol. The lowest BCUT2D eigenvalue weighted by Crippen LogP contribution is -2.31. The summed E-state index contributed by atoms with van der Waals surface area (Å²) in [5.74, 6) is -3.71. The summed E-state index contributed by atoms with van der Waals surface area (Å²) >= 11 is 0. The van der Waals surface area contributed by atoms with Crippen LogP contribution < -0.4 is 4.74 Å². The number of aliphatic hydroxyl groups is 1. The topological polar surface area (TPSA) is 81.8 Å². The molecule has 2 atom stereocenters. The van der Waals surface area contributed by atoms with Crippen LogP contribution >= 0.6 is 0 Å². The van der Waals surface area contributed by atoms with Gasteiger partial charge in [-0.1, -0.05) is 0 Å². The Hall–Kier alpha value is -1.80. The lowest BCUT2D eigenvalue weighted by molar-refractivity contribution is -0.386. The molecule has 1 aromatic carbocycles. The van der Waals surface area contributed by atoms with Crippen molar-refractivity contribution in [2.24, 2.45) is 0 Å². The zero-order valence-corrected chi connectivity index (χ0v) is 9.59. The first kappa shape index (κ1) is 14.3. The molecule has 2 unspecified atom stereocenters. The summed E-state index contributed by atoms with van der Waals surface area (Å²) in [5, 5.41) is 19.9. The third-order valence-corrected chi connectivity index (χ3v) is 2.09. The Balaban J connectivity index is 3.20. The van der Waals surface area contributed by atoms with Gasteiger partial charge < -0.3 is 14.6 Å². The summed E-state index contributed by atoms with van der Waals surface area (Å²) in [6.45, 7) is 1.28. The van der Waals surface area contributed by atoms with Gasteiger partial charge in [0.2, 0.25) is 17.9 Å². The Labute approximate surface area is 101 Å². The first-order chi connectivity index (χ1) is 8.38. The maximum absolute atomic E-state index is 13.4. The highest BCUT2D eigenvalue weighted by atomic mass is 19.2. The van der Waals surface area contributed by atoms with Gasteiger partial charge in [-0.15, -0.1) is 0 Å². The van der Waals surface area contributed by atoms with E-state index in [1.54, 1.807) is 0 Å². The van der Waals surface area contributed by atoms with Gasteiger partial charge in [0.15, 0.2) is 5.82 Å². The number of halogens is 2. The Bertz CT molecular complexity index is 452. The number of benzene rings is 1. The molecule has 0 heterocycles. The predicted octanol–water partition coefficient (Wildman–Crippen LogP) is 1.61. The molecule has 0 aliphatic carbocycles. The van der Waals surface area contributed by atoms with Crippen molar-refractivity contribution in [1.82, 2.24) is 0 Å². The number of nitro groups is 1. The minimum atomic E-state index is -1.51. The first-order valence-electron chi connectivity index (χ1n) is 4.88. The van der Waals surface area contributed by atoms with Crippen LogP contribution in [0.1, 0.15) is 6.92 Å². The molecule has 100 valence electrons. The molecule has 1 aromatic rings. The number of aliphatic hydroxyl groups excluding tert-OH is 1. The van der Waals surface area contributed by atoms with E-state index >= 15 is 0 Å². The van der Waals surface area contributed by atoms with Gasteiger partial charge in [-0.25, -0.2) is 4.39 Å². The highest BCUT2D eigenvalue weighted by molar-refractivity contribution is 5.47. The SMILES string of the molecule is COC(Oc1c([N+](=O)[O-])ccc(F)c1F)C(C)O. The normalized spacial score (nSPS) is 14.1. The van der Waals surface area contributed by atoms with Crippen LogP contribution in [0.25, 0.3) is 0 Å². The van der Waals surface area contributed by atoms with Crippen molar-refractivity contribution in [3.63, 3.8) is 0 Å². The van der Waals surface area contributed by atoms with E-state index in [0.717, 1.165) is 13.2 Å². The number of ether oxygens (including phenoxy) is 2. The van der Waals surface area contributed by atoms with Crippen molar-refractivity contribution >= 4 is 5.69 Å². The number of rotatable bonds is 5. The van der Waals surface area contributed by atoms with E-state index in [9.17, 15) is 24.0 Å². The lowest BCUT2D eigenvalue weighted by Gasteiger charge is -2.19. The minimum Gasteiger partial charge on any atom is -0.452 e. The molecule has 0 fully saturated rings. The van der Waals surface area contributed by atoms with Gasteiger partial charge in [-0.3, -0.25) is 10.1 Å². The number of nitro benzene ring substituents is 1. The van der Waals surface area contributed by atoms with Crippen LogP contribution in [0.2, 0.25) is 0 Å². The zero-order valence-electron chi connectivity index (χ0n) is 9.59. The third-order valence-electron chi connectivity index (χ3n) is 2.09. The van der Waals surface area contributed by atoms with E-state index in [2.05, 4.69) is 4.74 Å². The molecule has 0 spiro atoms. The van der Waals surface area contributed by atoms with Crippen LogP contribution in [-0.4, -0.2) is 29.5 Å². The minimum absolute atomic E-state index is 0.616. The molecule has 0 bridgehead atoms. The molecule has 0 aliphatic heterocycles. The fourth-order valence-electron chi connectivity index (χ4n) is 1.24. The monoisotopic (exact) mass is 263 g/mol. The number of hydrogen-bond donors (Lipinski definition) is 1. The van der Waals surface area contributed by atoms with Crippen molar-refractivity contribution in [3.8, 4) is 5.75 Å². The second kappa shape index (κ2) is 5.69. The van der Waals surface area contributed by atoms with Crippen molar-refractivity contribution in [2.45, 2.75) is 19.3 Å². The van der Waals surface area contributed by atoms with Gasteiger partial charge in [0.25, 0.3) is 0 Å². The fourth-order valence-corrected chi connectivity index (χ4v) is 1.24. The summed E-state index contributed by atoms with van der Waals surface area (Å²) in [6.07, 6.45) is -2.53. The largest absolute Gasteiger partial charge is 0.452 e. The summed E-state index contributed by atoms with van der Waals surface area (Å²) in [4.78, 5) is 9.73. The summed E-state index contributed by atoms with van der Waals surface area (Å²) < 4.78 is 35.9. The second-order valence-electron chi connectivity index (χ2n) is 3.43. The Morgan fingerprint density at radius 2 is 2.06 bits per heavy atom. The highest BCUT2D eigenvalue weighted by Gasteiger charge is 2.27. The Morgan fingerprint density at radius 3 is 2.50 bits per heavy atom. The quantitative estimate of drug-likeness (QED) is 0.495. The first-order valence-corrected chi connectivity index (χ1v) is 4.88. The molecular formula is C10H11F2NO5. The average Bonchev–Trinajstić information content (AvgIpc) is 2.30. The number of hydrogen-bond acceptors (Lipinski definition) is 5. The maximum Gasteiger partial charge on any atom is 0.314 e. The molecule has 0 saturated heterocycles. The molecule has 0 amide bonds. The van der Waals surface area contributed by atoms with Crippen LogP contribution in [-0.2, 0) is 4.74 Å². The molecule has 6 nitrogen and oxygen atoms in total. The Morgan fingerprint density at radius 1 is 1.44 bits per heavy atom. The van der Waals surface area contributed by atoms with Crippen LogP contribution in [0, 0.1) is 21.7 Å². The van der Waals surface area contributed by atoms with Crippen molar-refractivity contribution in [1.29, 1.82) is 0 Å². The molecule has 0 aromatic heterocycles. The average molecular weight is 263 g/mol. The molecule has 8 heteroatoms. The maximum atomic E-state index is 13.4. The molecule has 18 heavy (non-hydrogen) atoms. The zero-order chi connectivity index (χ0) is 13.9. The summed E-state index contributed by atoms with van der Waals surface area (Å²) in [5.41, 5.74) is -0.753. The van der Waals surface area contributed by atoms with Crippen molar-refractivity contribution in [3.05, 3.63) is 33.9 Å². The predicted molar refractivity (Wildman–Crippen MR) is 56.1 cm³/mol. The molecule has 0 aliphatic rings. The van der Waals surface area contributed by atoms with Gasteiger partial charge >= 0.3 is 5.69 Å². The second-order valence-corrected chi connectivity index (χ2v) is 3.43. The van der Waals surface area contributed by atoms with E-state index in [1.807, 2.05) is 0 Å². The van der Waals surface area contributed by atoms with E-state index in [-0.39, 0.29) is 0 Å². The van der Waals surface area contributed by atoms with E-state index in [0.29, 0.717) is 6.07 Å². The van der Waals surface area contributed by atoms with Crippen LogP contribution in [0.3, 0.4) is 0 Å². The third kappa shape index (κ3) is 2.90. The Kier molecular flexibility index (Phi) is 4.51. The lowest BCUT2D eigenvalue weighted by atomic mass is 10.2.